The van der Waals surface area contributed by atoms with E-state index in [1.165, 1.54) is 6.07 Å². The fourth-order valence-electron chi connectivity index (χ4n) is 2.32. The summed E-state index contributed by atoms with van der Waals surface area (Å²) in [5.74, 6) is 0.314. The van der Waals surface area contributed by atoms with Crippen LogP contribution in [0.1, 0.15) is 41.5 Å². The SMILES string of the molecule is CC(C)(C)OC(=O)n1c([N+](=O)[O-])cc2cc(O[Si](C)(C)C(C)(C)C)ccc21. The van der Waals surface area contributed by atoms with Gasteiger partial charge in [0.2, 0.25) is 8.32 Å². The van der Waals surface area contributed by atoms with E-state index in [0.29, 0.717) is 16.7 Å². The molecule has 2 aromatic rings. The molecule has 1 heterocycles. The van der Waals surface area contributed by atoms with Crippen molar-refractivity contribution >= 4 is 31.1 Å². The molecule has 0 N–H and O–H groups in total. The predicted octanol–water partition coefficient (Wildman–Crippen LogP) is 5.72. The standard InChI is InChI=1S/C19H28N2O5Si/c1-18(2,3)25-17(22)20-15-10-9-14(26-27(7,8)19(4,5)6)11-13(15)12-16(20)21(23)24/h9-12H,1-8H3. The maximum Gasteiger partial charge on any atom is 0.513 e. The highest BCUT2D eigenvalue weighted by Crippen LogP contribution is 2.38. The topological polar surface area (TPSA) is 83.6 Å². The molecular formula is C19H28N2O5Si. The molecule has 0 aliphatic carbocycles. The quantitative estimate of drug-likeness (QED) is 0.379. The van der Waals surface area contributed by atoms with Crippen LogP contribution in [0.4, 0.5) is 10.6 Å². The number of aromatic nitrogens is 1. The van der Waals surface area contributed by atoms with Gasteiger partial charge in [0, 0.05) is 11.5 Å². The molecular weight excluding hydrogens is 364 g/mol. The van der Waals surface area contributed by atoms with Gasteiger partial charge in [0.25, 0.3) is 0 Å². The highest BCUT2D eigenvalue weighted by atomic mass is 28.4. The molecule has 0 saturated heterocycles. The Morgan fingerprint density at radius 2 is 1.70 bits per heavy atom. The van der Waals surface area contributed by atoms with Gasteiger partial charge in [-0.2, -0.15) is 4.79 Å². The van der Waals surface area contributed by atoms with Crippen molar-refractivity contribution < 1.29 is 18.9 Å². The Morgan fingerprint density at radius 3 is 2.19 bits per heavy atom. The number of ether oxygens (including phenoxy) is 1. The van der Waals surface area contributed by atoms with E-state index in [0.717, 1.165) is 4.57 Å². The first-order chi connectivity index (χ1) is 12.1. The molecule has 8 heteroatoms. The van der Waals surface area contributed by atoms with Crippen LogP contribution >= 0.6 is 0 Å². The Balaban J connectivity index is 2.52. The zero-order valence-electron chi connectivity index (χ0n) is 17.2. The van der Waals surface area contributed by atoms with Gasteiger partial charge in [-0.25, -0.2) is 0 Å². The number of nitrogens with zero attached hydrogens (tertiary/aromatic N) is 2. The summed E-state index contributed by atoms with van der Waals surface area (Å²) in [6.45, 7) is 15.8. The fraction of sp³-hybridized carbons (Fsp3) is 0.526. The molecule has 0 amide bonds. The van der Waals surface area contributed by atoms with Crippen molar-refractivity contribution in [3.63, 3.8) is 0 Å². The molecule has 0 fully saturated rings. The van der Waals surface area contributed by atoms with Crippen LogP contribution in [0.3, 0.4) is 0 Å². The van der Waals surface area contributed by atoms with E-state index in [9.17, 15) is 14.9 Å². The third kappa shape index (κ3) is 4.50. The number of hydrogen-bond acceptors (Lipinski definition) is 5. The second-order valence-electron chi connectivity index (χ2n) is 9.16. The van der Waals surface area contributed by atoms with Crippen molar-refractivity contribution in [2.75, 3.05) is 0 Å². The van der Waals surface area contributed by atoms with Crippen molar-refractivity contribution in [1.82, 2.24) is 4.57 Å². The van der Waals surface area contributed by atoms with Gasteiger partial charge in [-0.05, 0) is 62.0 Å². The van der Waals surface area contributed by atoms with E-state index in [2.05, 4.69) is 33.9 Å². The van der Waals surface area contributed by atoms with E-state index < -0.39 is 24.9 Å². The minimum absolute atomic E-state index is 0.0242. The number of benzene rings is 1. The maximum absolute atomic E-state index is 12.5. The lowest BCUT2D eigenvalue weighted by Gasteiger charge is -2.36. The lowest BCUT2D eigenvalue weighted by Crippen LogP contribution is -2.43. The van der Waals surface area contributed by atoms with Crippen molar-refractivity contribution in [2.24, 2.45) is 0 Å². The average molecular weight is 393 g/mol. The molecule has 1 aromatic heterocycles. The largest absolute Gasteiger partial charge is 0.543 e. The lowest BCUT2D eigenvalue weighted by atomic mass is 10.2. The van der Waals surface area contributed by atoms with E-state index in [-0.39, 0.29) is 10.9 Å². The third-order valence-corrected chi connectivity index (χ3v) is 9.05. The molecule has 0 unspecified atom stereocenters. The van der Waals surface area contributed by atoms with Crippen molar-refractivity contribution in [1.29, 1.82) is 0 Å². The van der Waals surface area contributed by atoms with Gasteiger partial charge < -0.3 is 19.3 Å². The van der Waals surface area contributed by atoms with Crippen molar-refractivity contribution in [3.8, 4) is 5.75 Å². The highest BCUT2D eigenvalue weighted by Gasteiger charge is 2.39. The Bertz CT molecular complexity index is 888. The Morgan fingerprint density at radius 1 is 1.11 bits per heavy atom. The van der Waals surface area contributed by atoms with E-state index in [1.54, 1.807) is 39.0 Å². The van der Waals surface area contributed by atoms with Gasteiger partial charge in [0.05, 0.1) is 0 Å². The van der Waals surface area contributed by atoms with Gasteiger partial charge in [-0.3, -0.25) is 0 Å². The first kappa shape index (κ1) is 21.0. The molecule has 0 bridgehead atoms. The number of nitro groups is 1. The second-order valence-corrected chi connectivity index (χ2v) is 13.9. The monoisotopic (exact) mass is 392 g/mol. The van der Waals surface area contributed by atoms with Gasteiger partial charge in [0.15, 0.2) is 0 Å². The first-order valence-electron chi connectivity index (χ1n) is 8.85. The summed E-state index contributed by atoms with van der Waals surface area (Å²) >= 11 is 0. The average Bonchev–Trinajstić information content (AvgIpc) is 2.82. The predicted molar refractivity (Wildman–Crippen MR) is 108 cm³/mol. The summed E-state index contributed by atoms with van der Waals surface area (Å²) in [5, 5.41) is 12.0. The normalized spacial score (nSPS) is 12.9. The number of carbonyl (C=O) groups is 1. The first-order valence-corrected chi connectivity index (χ1v) is 11.8. The van der Waals surface area contributed by atoms with Crippen LogP contribution in [0.25, 0.3) is 10.9 Å². The molecule has 0 saturated carbocycles. The molecule has 27 heavy (non-hydrogen) atoms. The minimum Gasteiger partial charge on any atom is -0.543 e. The lowest BCUT2D eigenvalue weighted by molar-refractivity contribution is -0.390. The smallest absolute Gasteiger partial charge is 0.513 e. The fourth-order valence-corrected chi connectivity index (χ4v) is 3.35. The summed E-state index contributed by atoms with van der Waals surface area (Å²) in [7, 11) is -2.05. The van der Waals surface area contributed by atoms with Crippen LogP contribution < -0.4 is 4.43 Å². The summed E-state index contributed by atoms with van der Waals surface area (Å²) in [5.41, 5.74) is -0.342. The van der Waals surface area contributed by atoms with Crippen LogP contribution in [0.5, 0.6) is 5.75 Å². The molecule has 148 valence electrons. The molecule has 0 radical (unpaired) electrons. The van der Waals surface area contributed by atoms with Crippen LogP contribution in [-0.2, 0) is 4.74 Å². The summed E-state index contributed by atoms with van der Waals surface area (Å²) in [6.07, 6.45) is -0.776. The van der Waals surface area contributed by atoms with Crippen molar-refractivity contribution in [2.45, 2.75) is 65.3 Å². The Hall–Kier alpha value is -2.35. The maximum atomic E-state index is 12.5. The summed E-state index contributed by atoms with van der Waals surface area (Å²) in [6, 6.07) is 6.52. The highest BCUT2D eigenvalue weighted by molar-refractivity contribution is 6.74. The van der Waals surface area contributed by atoms with Gasteiger partial charge in [0.1, 0.15) is 16.9 Å². The van der Waals surface area contributed by atoms with E-state index in [4.69, 9.17) is 9.16 Å². The second kappa shape index (κ2) is 6.67. The Kier molecular flexibility index (Phi) is 5.17. The summed E-state index contributed by atoms with van der Waals surface area (Å²) < 4.78 is 12.6. The summed E-state index contributed by atoms with van der Waals surface area (Å²) in [4.78, 5) is 23.4. The van der Waals surface area contributed by atoms with Crippen molar-refractivity contribution in [3.05, 3.63) is 34.4 Å². The number of fused-ring (bicyclic) bond motifs is 1. The van der Waals surface area contributed by atoms with Gasteiger partial charge in [-0.1, -0.05) is 20.8 Å². The van der Waals surface area contributed by atoms with Gasteiger partial charge in [-0.15, -0.1) is 4.57 Å². The molecule has 2 rings (SSSR count). The molecule has 0 aliphatic heterocycles. The van der Waals surface area contributed by atoms with Crippen LogP contribution in [-0.4, -0.2) is 29.5 Å². The molecule has 0 atom stereocenters. The number of rotatable bonds is 3. The number of carbonyl (C=O) groups excluding carboxylic acids is 1. The molecule has 1 aromatic carbocycles. The van der Waals surface area contributed by atoms with E-state index >= 15 is 0 Å². The zero-order valence-corrected chi connectivity index (χ0v) is 18.2. The Labute approximate surface area is 160 Å². The van der Waals surface area contributed by atoms with Crippen LogP contribution in [0, 0.1) is 10.1 Å². The minimum atomic E-state index is -2.05. The number of hydrogen-bond donors (Lipinski definition) is 0. The third-order valence-electron chi connectivity index (χ3n) is 4.70. The molecule has 7 nitrogen and oxygen atoms in total. The van der Waals surface area contributed by atoms with Gasteiger partial charge >= 0.3 is 11.9 Å². The molecule has 0 spiro atoms. The van der Waals surface area contributed by atoms with Crippen LogP contribution in [0.2, 0.25) is 18.1 Å². The zero-order chi connectivity index (χ0) is 20.8. The molecule has 0 aliphatic rings. The van der Waals surface area contributed by atoms with Crippen LogP contribution in [0.15, 0.2) is 24.3 Å². The van der Waals surface area contributed by atoms with E-state index in [1.807, 2.05) is 0 Å².